The fourth-order valence-corrected chi connectivity index (χ4v) is 2.39. The van der Waals surface area contributed by atoms with Crippen molar-refractivity contribution in [2.45, 2.75) is 25.1 Å². The lowest BCUT2D eigenvalue weighted by molar-refractivity contribution is -0.165. The summed E-state index contributed by atoms with van der Waals surface area (Å²) in [7, 11) is 0. The van der Waals surface area contributed by atoms with Gasteiger partial charge < -0.3 is 10.2 Å². The standard InChI is InChI=1S/C15H14ClF3N2O2/c16-10-3-5-11(6-4-10)20-14(23)12-2-1-8-21(12)9-7-13(22)15(17,18)19/h3-7,9,12H,1-2,8H2,(H,20,23). The van der Waals surface area contributed by atoms with Crippen LogP contribution in [0.1, 0.15) is 12.8 Å². The number of ketones is 1. The molecule has 1 fully saturated rings. The lowest BCUT2D eigenvalue weighted by atomic mass is 10.2. The highest BCUT2D eigenvalue weighted by Crippen LogP contribution is 2.22. The van der Waals surface area contributed by atoms with Crippen molar-refractivity contribution >= 4 is 29.0 Å². The number of anilines is 1. The van der Waals surface area contributed by atoms with Crippen LogP contribution in [0.25, 0.3) is 0 Å². The first-order chi connectivity index (χ1) is 10.8. The van der Waals surface area contributed by atoms with Gasteiger partial charge in [0.05, 0.1) is 0 Å². The number of halogens is 4. The van der Waals surface area contributed by atoms with Crippen LogP contribution in [0.2, 0.25) is 5.02 Å². The van der Waals surface area contributed by atoms with Gasteiger partial charge in [0.2, 0.25) is 5.91 Å². The molecule has 2 rings (SSSR count). The van der Waals surface area contributed by atoms with Crippen LogP contribution in [0.5, 0.6) is 0 Å². The van der Waals surface area contributed by atoms with Gasteiger partial charge in [-0.25, -0.2) is 0 Å². The molecule has 23 heavy (non-hydrogen) atoms. The number of hydrogen-bond acceptors (Lipinski definition) is 3. The van der Waals surface area contributed by atoms with E-state index in [0.29, 0.717) is 36.2 Å². The Morgan fingerprint density at radius 2 is 1.91 bits per heavy atom. The predicted octanol–water partition coefficient (Wildman–Crippen LogP) is 3.39. The van der Waals surface area contributed by atoms with Gasteiger partial charge >= 0.3 is 6.18 Å². The normalized spacial score (nSPS) is 18.4. The predicted molar refractivity (Wildman–Crippen MR) is 80.0 cm³/mol. The first-order valence-corrected chi connectivity index (χ1v) is 7.27. The van der Waals surface area contributed by atoms with Gasteiger partial charge in [-0.2, -0.15) is 13.2 Å². The number of carbonyl (C=O) groups excluding carboxylic acids is 2. The molecule has 1 aliphatic heterocycles. The second-order valence-corrected chi connectivity index (χ2v) is 5.51. The third-order valence-electron chi connectivity index (χ3n) is 3.41. The van der Waals surface area contributed by atoms with E-state index in [9.17, 15) is 22.8 Å². The summed E-state index contributed by atoms with van der Waals surface area (Å²) in [6, 6.07) is 5.88. The summed E-state index contributed by atoms with van der Waals surface area (Å²) < 4.78 is 36.6. The Bertz CT molecular complexity index is 614. The number of likely N-dealkylation sites (tertiary alicyclic amines) is 1. The average Bonchev–Trinajstić information content (AvgIpc) is 2.94. The average molecular weight is 347 g/mol. The van der Waals surface area contributed by atoms with Gasteiger partial charge in [-0.1, -0.05) is 11.6 Å². The second-order valence-electron chi connectivity index (χ2n) is 5.07. The molecule has 0 spiro atoms. The van der Waals surface area contributed by atoms with Crippen molar-refractivity contribution in [1.29, 1.82) is 0 Å². The smallest absolute Gasteiger partial charge is 0.365 e. The van der Waals surface area contributed by atoms with Crippen molar-refractivity contribution in [2.24, 2.45) is 0 Å². The molecule has 1 N–H and O–H groups in total. The molecule has 1 aromatic rings. The molecule has 0 bridgehead atoms. The van der Waals surface area contributed by atoms with E-state index in [1.54, 1.807) is 24.3 Å². The van der Waals surface area contributed by atoms with Gasteiger partial charge in [0.15, 0.2) is 0 Å². The summed E-state index contributed by atoms with van der Waals surface area (Å²) in [5.41, 5.74) is 0.543. The molecule has 8 heteroatoms. The largest absolute Gasteiger partial charge is 0.454 e. The highest BCUT2D eigenvalue weighted by atomic mass is 35.5. The minimum Gasteiger partial charge on any atom is -0.365 e. The molecule has 1 aliphatic rings. The number of carbonyl (C=O) groups is 2. The van der Waals surface area contributed by atoms with Crippen LogP contribution in [-0.2, 0) is 9.59 Å². The third-order valence-corrected chi connectivity index (χ3v) is 3.66. The van der Waals surface area contributed by atoms with E-state index in [0.717, 1.165) is 6.20 Å². The summed E-state index contributed by atoms with van der Waals surface area (Å²) >= 11 is 5.75. The molecular formula is C15H14ClF3N2O2. The van der Waals surface area contributed by atoms with E-state index in [4.69, 9.17) is 11.6 Å². The zero-order valence-corrected chi connectivity index (χ0v) is 12.7. The molecule has 0 aromatic heterocycles. The van der Waals surface area contributed by atoms with Gasteiger partial charge in [0.1, 0.15) is 6.04 Å². The third kappa shape index (κ3) is 4.72. The Hall–Kier alpha value is -2.02. The van der Waals surface area contributed by atoms with E-state index >= 15 is 0 Å². The molecule has 0 radical (unpaired) electrons. The molecule has 0 aliphatic carbocycles. The maximum atomic E-state index is 12.2. The monoisotopic (exact) mass is 346 g/mol. The number of allylic oxidation sites excluding steroid dienone is 1. The minimum absolute atomic E-state index is 0.339. The summed E-state index contributed by atoms with van der Waals surface area (Å²) in [6.45, 7) is 0.417. The topological polar surface area (TPSA) is 49.4 Å². The lowest BCUT2D eigenvalue weighted by Gasteiger charge is -2.22. The Balaban J connectivity index is 2.00. The van der Waals surface area contributed by atoms with Crippen molar-refractivity contribution in [2.75, 3.05) is 11.9 Å². The maximum Gasteiger partial charge on any atom is 0.454 e. The van der Waals surface area contributed by atoms with Crippen molar-refractivity contribution < 1.29 is 22.8 Å². The van der Waals surface area contributed by atoms with Gasteiger partial charge in [0.25, 0.3) is 5.78 Å². The Morgan fingerprint density at radius 1 is 1.26 bits per heavy atom. The number of hydrogen-bond donors (Lipinski definition) is 1. The van der Waals surface area contributed by atoms with Crippen LogP contribution in [0.15, 0.2) is 36.5 Å². The zero-order chi connectivity index (χ0) is 17.0. The summed E-state index contributed by atoms with van der Waals surface area (Å²) in [5, 5.41) is 3.21. The van der Waals surface area contributed by atoms with Gasteiger partial charge in [-0.15, -0.1) is 0 Å². The summed E-state index contributed by atoms with van der Waals surface area (Å²) in [5.74, 6) is -2.28. The number of amides is 1. The fourth-order valence-electron chi connectivity index (χ4n) is 2.27. The Labute approximate surface area is 135 Å². The molecule has 124 valence electrons. The zero-order valence-electron chi connectivity index (χ0n) is 11.9. The van der Waals surface area contributed by atoms with Crippen LogP contribution < -0.4 is 5.32 Å². The number of nitrogens with one attached hydrogen (secondary N) is 1. The van der Waals surface area contributed by atoms with E-state index in [-0.39, 0.29) is 5.91 Å². The number of benzene rings is 1. The highest BCUT2D eigenvalue weighted by Gasteiger charge is 2.37. The minimum atomic E-state index is -4.91. The molecule has 1 unspecified atom stereocenters. The number of rotatable bonds is 4. The molecule has 1 heterocycles. The molecule has 1 aromatic carbocycles. The van der Waals surface area contributed by atoms with Gasteiger partial charge in [0, 0.05) is 29.5 Å². The number of nitrogens with zero attached hydrogens (tertiary/aromatic N) is 1. The van der Waals surface area contributed by atoms with Crippen LogP contribution >= 0.6 is 11.6 Å². The second kappa shape index (κ2) is 7.04. The van der Waals surface area contributed by atoms with E-state index in [1.165, 1.54) is 4.90 Å². The molecule has 4 nitrogen and oxygen atoms in total. The molecule has 0 saturated carbocycles. The van der Waals surface area contributed by atoms with E-state index in [1.807, 2.05) is 0 Å². The Kier molecular flexibility index (Phi) is 5.30. The van der Waals surface area contributed by atoms with Crippen molar-refractivity contribution in [1.82, 2.24) is 4.90 Å². The quantitative estimate of drug-likeness (QED) is 0.850. The molecule has 1 saturated heterocycles. The maximum absolute atomic E-state index is 12.2. The van der Waals surface area contributed by atoms with E-state index in [2.05, 4.69) is 5.32 Å². The number of alkyl halides is 3. The van der Waals surface area contributed by atoms with Crippen molar-refractivity contribution in [3.05, 3.63) is 41.6 Å². The highest BCUT2D eigenvalue weighted by molar-refractivity contribution is 6.30. The fraction of sp³-hybridized carbons (Fsp3) is 0.333. The first kappa shape index (κ1) is 17.3. The summed E-state index contributed by atoms with van der Waals surface area (Å²) in [4.78, 5) is 24.5. The molecule has 1 atom stereocenters. The first-order valence-electron chi connectivity index (χ1n) is 6.89. The van der Waals surface area contributed by atoms with Gasteiger partial charge in [-0.3, -0.25) is 9.59 Å². The molecular weight excluding hydrogens is 333 g/mol. The van der Waals surface area contributed by atoms with Gasteiger partial charge in [-0.05, 0) is 37.1 Å². The van der Waals surface area contributed by atoms with Crippen LogP contribution in [0.4, 0.5) is 18.9 Å². The Morgan fingerprint density at radius 3 is 2.52 bits per heavy atom. The van der Waals surface area contributed by atoms with Crippen molar-refractivity contribution in [3.63, 3.8) is 0 Å². The SMILES string of the molecule is O=C(Nc1ccc(Cl)cc1)C1CCCN1C=CC(=O)C(F)(F)F. The molecule has 1 amide bonds. The van der Waals surface area contributed by atoms with Crippen molar-refractivity contribution in [3.8, 4) is 0 Å². The lowest BCUT2D eigenvalue weighted by Crippen LogP contribution is -2.36. The van der Waals surface area contributed by atoms with Crippen LogP contribution in [-0.4, -0.2) is 35.4 Å². The van der Waals surface area contributed by atoms with E-state index < -0.39 is 18.0 Å². The van der Waals surface area contributed by atoms with Crippen LogP contribution in [0, 0.1) is 0 Å². The van der Waals surface area contributed by atoms with Crippen LogP contribution in [0.3, 0.4) is 0 Å². The summed E-state index contributed by atoms with van der Waals surface area (Å²) in [6.07, 6.45) is -2.26.